The number of nitrogens with zero attached hydrogens (tertiary/aromatic N) is 1. The van der Waals surface area contributed by atoms with Crippen LogP contribution < -0.4 is 0 Å². The van der Waals surface area contributed by atoms with Crippen molar-refractivity contribution < 1.29 is 14.3 Å². The summed E-state index contributed by atoms with van der Waals surface area (Å²) in [5.74, 6) is 0.103. The molecule has 0 atom stereocenters. The minimum Gasteiger partial charge on any atom is -0.478 e. The van der Waals surface area contributed by atoms with Crippen molar-refractivity contribution in [1.29, 1.82) is 0 Å². The standard InChI is InChI=1S/C12H11NO3/c14-12(15)8-5-2-6-9-10(8)16-11(13-9)7-3-1-4-7/h2,5-7H,1,3-4H2,(H,14,15). The molecule has 2 aromatic rings. The minimum atomic E-state index is -0.970. The molecular formula is C12H11NO3. The minimum absolute atomic E-state index is 0.190. The smallest absolute Gasteiger partial charge is 0.339 e. The Morgan fingerprint density at radius 2 is 2.25 bits per heavy atom. The van der Waals surface area contributed by atoms with E-state index in [0.717, 1.165) is 12.8 Å². The van der Waals surface area contributed by atoms with Crippen molar-refractivity contribution in [3.63, 3.8) is 0 Å². The van der Waals surface area contributed by atoms with E-state index in [2.05, 4.69) is 4.98 Å². The molecule has 1 fully saturated rings. The van der Waals surface area contributed by atoms with Gasteiger partial charge in [0, 0.05) is 5.92 Å². The Morgan fingerprint density at radius 3 is 2.88 bits per heavy atom. The predicted molar refractivity (Wildman–Crippen MR) is 57.6 cm³/mol. The molecule has 0 spiro atoms. The van der Waals surface area contributed by atoms with Gasteiger partial charge in [-0.05, 0) is 25.0 Å². The van der Waals surface area contributed by atoms with Crippen LogP contribution in [0.5, 0.6) is 0 Å². The largest absolute Gasteiger partial charge is 0.478 e. The van der Waals surface area contributed by atoms with E-state index in [0.29, 0.717) is 22.9 Å². The third kappa shape index (κ3) is 1.30. The number of carboxylic acid groups (broad SMARTS) is 1. The van der Waals surface area contributed by atoms with Crippen molar-refractivity contribution >= 4 is 17.1 Å². The second-order valence-electron chi connectivity index (χ2n) is 4.14. The normalized spacial score (nSPS) is 16.2. The highest BCUT2D eigenvalue weighted by Gasteiger charge is 2.25. The van der Waals surface area contributed by atoms with E-state index in [4.69, 9.17) is 9.52 Å². The van der Waals surface area contributed by atoms with Gasteiger partial charge in [0.25, 0.3) is 0 Å². The summed E-state index contributed by atoms with van der Waals surface area (Å²) in [5.41, 5.74) is 1.23. The third-order valence-electron chi connectivity index (χ3n) is 3.12. The lowest BCUT2D eigenvalue weighted by Crippen LogP contribution is -2.08. The van der Waals surface area contributed by atoms with Crippen LogP contribution >= 0.6 is 0 Å². The molecular weight excluding hydrogens is 206 g/mol. The van der Waals surface area contributed by atoms with Crippen LogP contribution in [0.4, 0.5) is 0 Å². The van der Waals surface area contributed by atoms with Crippen LogP contribution in [0.3, 0.4) is 0 Å². The Bertz CT molecular complexity index is 554. The molecule has 0 saturated heterocycles. The highest BCUT2D eigenvalue weighted by atomic mass is 16.4. The van der Waals surface area contributed by atoms with Gasteiger partial charge in [-0.1, -0.05) is 12.5 Å². The first-order valence-corrected chi connectivity index (χ1v) is 5.38. The molecule has 0 radical (unpaired) electrons. The summed E-state index contributed by atoms with van der Waals surface area (Å²) in [5, 5.41) is 9.01. The van der Waals surface area contributed by atoms with E-state index in [1.807, 2.05) is 0 Å². The van der Waals surface area contributed by atoms with Crippen molar-refractivity contribution in [3.8, 4) is 0 Å². The van der Waals surface area contributed by atoms with Gasteiger partial charge in [0.15, 0.2) is 11.5 Å². The number of aromatic nitrogens is 1. The summed E-state index contributed by atoms with van der Waals surface area (Å²) in [6, 6.07) is 5.02. The number of hydrogen-bond donors (Lipinski definition) is 1. The van der Waals surface area contributed by atoms with Crippen LogP contribution in [-0.4, -0.2) is 16.1 Å². The number of carbonyl (C=O) groups is 1. The maximum Gasteiger partial charge on any atom is 0.339 e. The molecule has 0 bridgehead atoms. The van der Waals surface area contributed by atoms with Gasteiger partial charge in [-0.2, -0.15) is 0 Å². The van der Waals surface area contributed by atoms with Crippen LogP contribution in [-0.2, 0) is 0 Å². The van der Waals surface area contributed by atoms with Gasteiger partial charge < -0.3 is 9.52 Å². The second kappa shape index (κ2) is 3.33. The molecule has 1 aromatic heterocycles. The first kappa shape index (κ1) is 9.39. The summed E-state index contributed by atoms with van der Waals surface area (Å²) in [6.45, 7) is 0. The third-order valence-corrected chi connectivity index (χ3v) is 3.12. The molecule has 1 N–H and O–H groups in total. The number of rotatable bonds is 2. The van der Waals surface area contributed by atoms with Gasteiger partial charge >= 0.3 is 5.97 Å². The molecule has 1 aromatic carbocycles. The van der Waals surface area contributed by atoms with Crippen LogP contribution in [0, 0.1) is 0 Å². The van der Waals surface area contributed by atoms with Gasteiger partial charge in [0.2, 0.25) is 0 Å². The number of hydrogen-bond acceptors (Lipinski definition) is 3. The van der Waals surface area contributed by atoms with Gasteiger partial charge in [0.05, 0.1) is 0 Å². The molecule has 4 heteroatoms. The van der Waals surface area contributed by atoms with Crippen molar-refractivity contribution in [2.24, 2.45) is 0 Å². The first-order valence-electron chi connectivity index (χ1n) is 5.38. The monoisotopic (exact) mass is 217 g/mol. The fraction of sp³-hybridized carbons (Fsp3) is 0.333. The number of para-hydroxylation sites is 1. The fourth-order valence-electron chi connectivity index (χ4n) is 1.96. The Morgan fingerprint density at radius 1 is 1.44 bits per heavy atom. The molecule has 3 rings (SSSR count). The number of oxazole rings is 1. The van der Waals surface area contributed by atoms with E-state index in [9.17, 15) is 4.79 Å². The molecule has 1 aliphatic rings. The topological polar surface area (TPSA) is 63.3 Å². The number of carboxylic acids is 1. The quantitative estimate of drug-likeness (QED) is 0.840. The molecule has 1 saturated carbocycles. The molecule has 0 unspecified atom stereocenters. The number of benzene rings is 1. The van der Waals surface area contributed by atoms with Gasteiger partial charge in [0.1, 0.15) is 11.1 Å². The zero-order valence-corrected chi connectivity index (χ0v) is 8.64. The van der Waals surface area contributed by atoms with E-state index >= 15 is 0 Å². The summed E-state index contributed by atoms with van der Waals surface area (Å²) in [7, 11) is 0. The summed E-state index contributed by atoms with van der Waals surface area (Å²) >= 11 is 0. The molecule has 0 aliphatic heterocycles. The molecule has 82 valence electrons. The zero-order chi connectivity index (χ0) is 11.1. The van der Waals surface area contributed by atoms with E-state index in [1.54, 1.807) is 18.2 Å². The van der Waals surface area contributed by atoms with Gasteiger partial charge in [-0.3, -0.25) is 0 Å². The second-order valence-corrected chi connectivity index (χ2v) is 4.14. The first-order chi connectivity index (χ1) is 7.75. The van der Waals surface area contributed by atoms with Gasteiger partial charge in [-0.25, -0.2) is 9.78 Å². The highest BCUT2D eigenvalue weighted by molar-refractivity contribution is 5.99. The molecule has 0 amide bonds. The van der Waals surface area contributed by atoms with Crippen LogP contribution in [0.15, 0.2) is 22.6 Å². The summed E-state index contributed by atoms with van der Waals surface area (Å²) in [4.78, 5) is 15.3. The summed E-state index contributed by atoms with van der Waals surface area (Å²) < 4.78 is 5.57. The predicted octanol–water partition coefficient (Wildman–Crippen LogP) is 2.79. The lowest BCUT2D eigenvalue weighted by molar-refractivity contribution is 0.0697. The Kier molecular flexibility index (Phi) is 1.96. The summed E-state index contributed by atoms with van der Waals surface area (Å²) in [6.07, 6.45) is 3.39. The Balaban J connectivity index is 2.15. The highest BCUT2D eigenvalue weighted by Crippen LogP contribution is 2.37. The van der Waals surface area contributed by atoms with Crippen molar-refractivity contribution in [1.82, 2.24) is 4.98 Å². The van der Waals surface area contributed by atoms with Crippen molar-refractivity contribution in [2.75, 3.05) is 0 Å². The lowest BCUT2D eigenvalue weighted by Gasteiger charge is -2.21. The molecule has 1 heterocycles. The van der Waals surface area contributed by atoms with Crippen molar-refractivity contribution in [2.45, 2.75) is 25.2 Å². The van der Waals surface area contributed by atoms with E-state index in [-0.39, 0.29) is 5.56 Å². The maximum atomic E-state index is 11.0. The number of fused-ring (bicyclic) bond motifs is 1. The average molecular weight is 217 g/mol. The maximum absolute atomic E-state index is 11.0. The number of aromatic carboxylic acids is 1. The molecule has 1 aliphatic carbocycles. The van der Waals surface area contributed by atoms with E-state index in [1.165, 1.54) is 6.42 Å². The van der Waals surface area contributed by atoms with Crippen LogP contribution in [0.1, 0.15) is 41.4 Å². The molecule has 16 heavy (non-hydrogen) atoms. The van der Waals surface area contributed by atoms with Crippen molar-refractivity contribution in [3.05, 3.63) is 29.7 Å². The van der Waals surface area contributed by atoms with Gasteiger partial charge in [-0.15, -0.1) is 0 Å². The lowest BCUT2D eigenvalue weighted by atomic mass is 9.85. The SMILES string of the molecule is O=C(O)c1cccc2nc(C3CCC3)oc12. The Labute approximate surface area is 91.9 Å². The van der Waals surface area contributed by atoms with Crippen LogP contribution in [0.2, 0.25) is 0 Å². The van der Waals surface area contributed by atoms with Crippen LogP contribution in [0.25, 0.3) is 11.1 Å². The Hall–Kier alpha value is -1.84. The molecule has 4 nitrogen and oxygen atoms in total. The fourth-order valence-corrected chi connectivity index (χ4v) is 1.96. The zero-order valence-electron chi connectivity index (χ0n) is 8.64. The average Bonchev–Trinajstić information content (AvgIpc) is 2.56. The van der Waals surface area contributed by atoms with E-state index < -0.39 is 5.97 Å².